The van der Waals surface area contributed by atoms with Gasteiger partial charge in [-0.2, -0.15) is 0 Å². The van der Waals surface area contributed by atoms with E-state index < -0.39 is 0 Å². The van der Waals surface area contributed by atoms with Crippen molar-refractivity contribution in [2.75, 3.05) is 11.1 Å². The van der Waals surface area contributed by atoms with Crippen LogP contribution >= 0.6 is 43.6 Å². The quantitative estimate of drug-likeness (QED) is 0.534. The first-order chi connectivity index (χ1) is 11.6. The number of nitrogens with one attached hydrogen (secondary N) is 1. The van der Waals surface area contributed by atoms with E-state index in [1.54, 1.807) is 0 Å². The number of thioether (sulfide) groups is 1. The predicted octanol–water partition coefficient (Wildman–Crippen LogP) is 4.99. The molecule has 0 saturated carbocycles. The van der Waals surface area contributed by atoms with Crippen molar-refractivity contribution >= 4 is 55.2 Å². The summed E-state index contributed by atoms with van der Waals surface area (Å²) in [5.41, 5.74) is 1.55. The molecule has 0 radical (unpaired) electrons. The third-order valence-corrected chi connectivity index (χ3v) is 4.96. The lowest BCUT2D eigenvalue weighted by Crippen LogP contribution is -2.14. The van der Waals surface area contributed by atoms with Crippen LogP contribution in [0.25, 0.3) is 11.5 Å². The van der Waals surface area contributed by atoms with Crippen LogP contribution in [0.5, 0.6) is 0 Å². The van der Waals surface area contributed by atoms with E-state index in [-0.39, 0.29) is 11.7 Å². The van der Waals surface area contributed by atoms with E-state index in [4.69, 9.17) is 4.42 Å². The van der Waals surface area contributed by atoms with Crippen molar-refractivity contribution in [2.45, 2.75) is 5.22 Å². The molecule has 0 spiro atoms. The predicted molar refractivity (Wildman–Crippen MR) is 101 cm³/mol. The number of para-hydroxylation sites is 1. The average molecular weight is 469 g/mol. The Balaban J connectivity index is 1.59. The van der Waals surface area contributed by atoms with Crippen molar-refractivity contribution in [3.63, 3.8) is 0 Å². The zero-order valence-corrected chi connectivity index (χ0v) is 16.2. The van der Waals surface area contributed by atoms with Gasteiger partial charge in [0.15, 0.2) is 0 Å². The highest BCUT2D eigenvalue weighted by Gasteiger charge is 2.12. The number of aromatic nitrogens is 2. The molecule has 5 nitrogen and oxygen atoms in total. The van der Waals surface area contributed by atoms with Crippen LogP contribution in [0.4, 0.5) is 5.69 Å². The lowest BCUT2D eigenvalue weighted by Gasteiger charge is -2.05. The second-order valence-corrected chi connectivity index (χ2v) is 7.40. The van der Waals surface area contributed by atoms with Gasteiger partial charge in [0.05, 0.1) is 11.4 Å². The summed E-state index contributed by atoms with van der Waals surface area (Å²) < 4.78 is 7.34. The molecule has 2 aromatic carbocycles. The first-order valence-corrected chi connectivity index (χ1v) is 9.45. The second-order valence-electron chi connectivity index (χ2n) is 4.70. The van der Waals surface area contributed by atoms with Gasteiger partial charge in [0.1, 0.15) is 0 Å². The molecule has 0 aliphatic carbocycles. The molecule has 8 heteroatoms. The van der Waals surface area contributed by atoms with Gasteiger partial charge in [0, 0.05) is 14.5 Å². The van der Waals surface area contributed by atoms with Crippen molar-refractivity contribution in [3.05, 3.63) is 57.5 Å². The van der Waals surface area contributed by atoms with Crippen molar-refractivity contribution in [2.24, 2.45) is 0 Å². The Kier molecular flexibility index (Phi) is 5.70. The van der Waals surface area contributed by atoms with Crippen molar-refractivity contribution in [1.29, 1.82) is 0 Å². The molecule has 24 heavy (non-hydrogen) atoms. The topological polar surface area (TPSA) is 68.0 Å². The van der Waals surface area contributed by atoms with E-state index >= 15 is 0 Å². The van der Waals surface area contributed by atoms with Crippen LogP contribution in [0.15, 0.2) is 67.1 Å². The normalized spacial score (nSPS) is 10.6. The van der Waals surface area contributed by atoms with E-state index in [0.717, 1.165) is 20.2 Å². The molecule has 1 aromatic heterocycles. The smallest absolute Gasteiger partial charge is 0.277 e. The van der Waals surface area contributed by atoms with E-state index in [1.807, 2.05) is 48.5 Å². The standard InChI is InChI=1S/C16H11Br2N3O2S/c17-11-5-3-4-10(8-11)15-20-21-16(23-15)24-9-14(22)19-13-7-2-1-6-12(13)18/h1-8H,9H2,(H,19,22). The molecule has 0 unspecified atom stereocenters. The lowest BCUT2D eigenvalue weighted by atomic mass is 10.2. The fourth-order valence-corrected chi connectivity index (χ4v) is 3.23. The van der Waals surface area contributed by atoms with Crippen molar-refractivity contribution < 1.29 is 9.21 Å². The maximum Gasteiger partial charge on any atom is 0.277 e. The van der Waals surface area contributed by atoms with E-state index in [1.165, 1.54) is 11.8 Å². The number of benzene rings is 2. The number of carbonyl (C=O) groups excluding carboxylic acids is 1. The summed E-state index contributed by atoms with van der Waals surface area (Å²) in [4.78, 5) is 12.0. The van der Waals surface area contributed by atoms with Gasteiger partial charge in [-0.1, -0.05) is 45.9 Å². The highest BCUT2D eigenvalue weighted by atomic mass is 79.9. The fraction of sp³-hybridized carbons (Fsp3) is 0.0625. The summed E-state index contributed by atoms with van der Waals surface area (Å²) in [6.45, 7) is 0. The maximum atomic E-state index is 12.0. The Morgan fingerprint density at radius 1 is 1.12 bits per heavy atom. The van der Waals surface area contributed by atoms with Crippen LogP contribution in [0.1, 0.15) is 0 Å². The Hall–Kier alpha value is -1.64. The first-order valence-electron chi connectivity index (χ1n) is 6.88. The largest absolute Gasteiger partial charge is 0.411 e. The molecule has 3 rings (SSSR count). The highest BCUT2D eigenvalue weighted by molar-refractivity contribution is 9.10. The molecule has 0 aliphatic rings. The Morgan fingerprint density at radius 3 is 2.75 bits per heavy atom. The Bertz CT molecular complexity index is 870. The molecule has 0 bridgehead atoms. The van der Waals surface area contributed by atoms with Crippen molar-refractivity contribution in [1.82, 2.24) is 10.2 Å². The number of rotatable bonds is 5. The van der Waals surface area contributed by atoms with Crippen molar-refractivity contribution in [3.8, 4) is 11.5 Å². The van der Waals surface area contributed by atoms with Gasteiger partial charge in [0.25, 0.3) is 5.22 Å². The summed E-state index contributed by atoms with van der Waals surface area (Å²) in [5, 5.41) is 11.1. The van der Waals surface area contributed by atoms with Crippen LogP contribution in [-0.4, -0.2) is 21.9 Å². The number of hydrogen-bond donors (Lipinski definition) is 1. The lowest BCUT2D eigenvalue weighted by molar-refractivity contribution is -0.113. The molecule has 1 amide bonds. The molecular formula is C16H11Br2N3O2S. The third kappa shape index (κ3) is 4.46. The molecule has 3 aromatic rings. The number of anilines is 1. The molecule has 0 fully saturated rings. The van der Waals surface area contributed by atoms with Gasteiger partial charge >= 0.3 is 0 Å². The van der Waals surface area contributed by atoms with Crippen LogP contribution in [-0.2, 0) is 4.79 Å². The minimum Gasteiger partial charge on any atom is -0.411 e. The summed E-state index contributed by atoms with van der Waals surface area (Å²) >= 11 is 7.99. The van der Waals surface area contributed by atoms with Crippen LogP contribution in [0, 0.1) is 0 Å². The van der Waals surface area contributed by atoms with Gasteiger partial charge in [-0.25, -0.2) is 0 Å². The van der Waals surface area contributed by atoms with Crippen LogP contribution < -0.4 is 5.32 Å². The number of hydrogen-bond acceptors (Lipinski definition) is 5. The van der Waals surface area contributed by atoms with E-state index in [9.17, 15) is 4.79 Å². The zero-order chi connectivity index (χ0) is 16.9. The molecular weight excluding hydrogens is 458 g/mol. The molecule has 0 aliphatic heterocycles. The molecule has 0 saturated heterocycles. The van der Waals surface area contributed by atoms with E-state index in [2.05, 4.69) is 47.4 Å². The zero-order valence-electron chi connectivity index (χ0n) is 12.2. The molecule has 1 heterocycles. The van der Waals surface area contributed by atoms with Gasteiger partial charge in [-0.15, -0.1) is 10.2 Å². The minimum absolute atomic E-state index is 0.144. The van der Waals surface area contributed by atoms with Gasteiger partial charge in [-0.05, 0) is 46.3 Å². The molecule has 1 N–H and O–H groups in total. The summed E-state index contributed by atoms with van der Waals surface area (Å²) in [6, 6.07) is 15.0. The molecule has 122 valence electrons. The third-order valence-electron chi connectivity index (χ3n) is 2.95. The van der Waals surface area contributed by atoms with Gasteiger partial charge in [-0.3, -0.25) is 4.79 Å². The monoisotopic (exact) mass is 467 g/mol. The second kappa shape index (κ2) is 7.96. The number of halogens is 2. The highest BCUT2D eigenvalue weighted by Crippen LogP contribution is 2.26. The fourth-order valence-electron chi connectivity index (χ4n) is 1.88. The van der Waals surface area contributed by atoms with Gasteiger partial charge in [0.2, 0.25) is 11.8 Å². The first kappa shape index (κ1) is 17.2. The average Bonchev–Trinajstić information content (AvgIpc) is 3.04. The van der Waals surface area contributed by atoms with Crippen LogP contribution in [0.2, 0.25) is 0 Å². The summed E-state index contributed by atoms with van der Waals surface area (Å²) in [5.74, 6) is 0.459. The molecule has 0 atom stereocenters. The number of amides is 1. The summed E-state index contributed by atoms with van der Waals surface area (Å²) in [7, 11) is 0. The maximum absolute atomic E-state index is 12.0. The Labute approximate surface area is 159 Å². The minimum atomic E-state index is -0.144. The Morgan fingerprint density at radius 2 is 1.96 bits per heavy atom. The van der Waals surface area contributed by atoms with Crippen LogP contribution in [0.3, 0.4) is 0 Å². The number of carbonyl (C=O) groups is 1. The SMILES string of the molecule is O=C(CSc1nnc(-c2cccc(Br)c2)o1)Nc1ccccc1Br. The van der Waals surface area contributed by atoms with Gasteiger partial charge < -0.3 is 9.73 Å². The summed E-state index contributed by atoms with van der Waals surface area (Å²) in [6.07, 6.45) is 0. The van der Waals surface area contributed by atoms with E-state index in [0.29, 0.717) is 11.1 Å². The number of nitrogens with zero attached hydrogens (tertiary/aromatic N) is 2.